The van der Waals surface area contributed by atoms with E-state index in [-0.39, 0.29) is 6.03 Å². The van der Waals surface area contributed by atoms with Crippen LogP contribution in [0, 0.1) is 0 Å². The van der Waals surface area contributed by atoms with Crippen LogP contribution in [-0.4, -0.2) is 20.6 Å². The van der Waals surface area contributed by atoms with Gasteiger partial charge in [0.25, 0.3) is 0 Å². The second-order valence-corrected chi connectivity index (χ2v) is 6.15. The maximum Gasteiger partial charge on any atom is 0.319 e. The molecule has 8 heteroatoms. The molecule has 0 aliphatic carbocycles. The molecule has 0 bridgehead atoms. The van der Waals surface area contributed by atoms with Gasteiger partial charge in [-0.3, -0.25) is 4.98 Å². The van der Waals surface area contributed by atoms with Gasteiger partial charge in [0, 0.05) is 55.5 Å². The molecule has 0 fully saturated rings. The smallest absolute Gasteiger partial charge is 0.319 e. The van der Waals surface area contributed by atoms with Gasteiger partial charge in [0.2, 0.25) is 0 Å². The van der Waals surface area contributed by atoms with E-state index < -0.39 is 0 Å². The largest absolute Gasteiger partial charge is 0.339 e. The maximum absolute atomic E-state index is 11.9. The van der Waals surface area contributed by atoms with Crippen molar-refractivity contribution in [2.45, 2.75) is 11.6 Å². The molecule has 7 nitrogen and oxygen atoms in total. The molecule has 3 aromatic rings. The van der Waals surface area contributed by atoms with Crippen LogP contribution in [0.3, 0.4) is 0 Å². The predicted octanol–water partition coefficient (Wildman–Crippen LogP) is 3.26. The van der Waals surface area contributed by atoms with Crippen molar-refractivity contribution < 1.29 is 4.79 Å². The molecular weight excluding hydrogens is 336 g/mol. The first-order valence-corrected chi connectivity index (χ1v) is 8.45. The number of carbonyl (C=O) groups is 1. The number of carbonyl (C=O) groups excluding carboxylic acids is 1. The van der Waals surface area contributed by atoms with Gasteiger partial charge < -0.3 is 19.9 Å². The fourth-order valence-electron chi connectivity index (χ4n) is 2.03. The van der Waals surface area contributed by atoms with E-state index in [1.165, 1.54) is 11.9 Å². The number of aryl methyl sites for hydroxylation is 1. The normalized spacial score (nSPS) is 10.3. The van der Waals surface area contributed by atoms with Crippen LogP contribution < -0.4 is 15.4 Å². The van der Waals surface area contributed by atoms with E-state index in [0.717, 1.165) is 22.0 Å². The van der Waals surface area contributed by atoms with Crippen LogP contribution in [0.5, 0.6) is 0 Å². The van der Waals surface area contributed by atoms with Crippen molar-refractivity contribution in [3.63, 3.8) is 0 Å². The third-order valence-electron chi connectivity index (χ3n) is 3.27. The fourth-order valence-corrected chi connectivity index (χ4v) is 2.71. The molecule has 0 aliphatic rings. The first-order chi connectivity index (χ1) is 12.2. The highest BCUT2D eigenvalue weighted by Gasteiger charge is 2.03. The van der Waals surface area contributed by atoms with Crippen molar-refractivity contribution in [1.29, 1.82) is 0 Å². The average molecular weight is 354 g/mol. The molecule has 3 rings (SSSR count). The van der Waals surface area contributed by atoms with Crippen molar-refractivity contribution >= 4 is 29.4 Å². The van der Waals surface area contributed by atoms with Crippen LogP contribution in [0.2, 0.25) is 0 Å². The topological polar surface area (TPSA) is 83.9 Å². The van der Waals surface area contributed by atoms with Gasteiger partial charge in [0.05, 0.1) is 6.33 Å². The molecule has 0 unspecified atom stereocenters. The molecule has 2 aromatic heterocycles. The lowest BCUT2D eigenvalue weighted by Crippen LogP contribution is -2.28. The van der Waals surface area contributed by atoms with Crippen LogP contribution >= 0.6 is 11.9 Å². The third-order valence-corrected chi connectivity index (χ3v) is 4.03. The van der Waals surface area contributed by atoms with Crippen molar-refractivity contribution in [3.05, 3.63) is 66.9 Å². The summed E-state index contributed by atoms with van der Waals surface area (Å²) in [4.78, 5) is 20.1. The van der Waals surface area contributed by atoms with Gasteiger partial charge in [-0.15, -0.1) is 0 Å². The lowest BCUT2D eigenvalue weighted by Gasteiger charge is -2.09. The number of anilines is 2. The highest BCUT2D eigenvalue weighted by Crippen LogP contribution is 2.20. The zero-order chi connectivity index (χ0) is 17.5. The van der Waals surface area contributed by atoms with Crippen LogP contribution in [0.15, 0.2) is 66.3 Å². The molecule has 1 aromatic carbocycles. The second-order valence-electron chi connectivity index (χ2n) is 5.33. The van der Waals surface area contributed by atoms with E-state index in [1.54, 1.807) is 18.7 Å². The van der Waals surface area contributed by atoms with Crippen LogP contribution in [0.1, 0.15) is 5.56 Å². The second kappa shape index (κ2) is 8.20. The van der Waals surface area contributed by atoms with Gasteiger partial charge in [0.15, 0.2) is 0 Å². The van der Waals surface area contributed by atoms with E-state index in [4.69, 9.17) is 0 Å². The lowest BCUT2D eigenvalue weighted by molar-refractivity contribution is 0.251. The molecule has 0 spiro atoms. The standard InChI is InChI=1S/C17H18N6OS/c1-23-11-16(20-12-23)25-22-15-6-4-14(5-7-15)21-17(24)19-10-13-3-2-8-18-9-13/h2-9,11-12,22H,10H2,1H3,(H2,19,21,24). The summed E-state index contributed by atoms with van der Waals surface area (Å²) in [6.45, 7) is 0.431. The Bertz CT molecular complexity index is 819. The van der Waals surface area contributed by atoms with E-state index in [9.17, 15) is 4.79 Å². The Hall–Kier alpha value is -3.00. The van der Waals surface area contributed by atoms with Gasteiger partial charge >= 0.3 is 6.03 Å². The van der Waals surface area contributed by atoms with Crippen molar-refractivity contribution in [3.8, 4) is 0 Å². The maximum atomic E-state index is 11.9. The number of amides is 2. The molecule has 0 radical (unpaired) electrons. The number of rotatable bonds is 6. The summed E-state index contributed by atoms with van der Waals surface area (Å²) >= 11 is 1.43. The molecule has 0 atom stereocenters. The van der Waals surface area contributed by atoms with Crippen molar-refractivity contribution in [1.82, 2.24) is 19.9 Å². The third kappa shape index (κ3) is 5.25. The van der Waals surface area contributed by atoms with E-state index in [1.807, 2.05) is 54.2 Å². The summed E-state index contributed by atoms with van der Waals surface area (Å²) in [7, 11) is 1.93. The number of aromatic nitrogens is 3. The number of benzene rings is 1. The van der Waals surface area contributed by atoms with Crippen molar-refractivity contribution in [2.75, 3.05) is 10.0 Å². The molecule has 0 saturated heterocycles. The molecule has 3 N–H and O–H groups in total. The first kappa shape index (κ1) is 16.8. The van der Waals surface area contributed by atoms with E-state index in [0.29, 0.717) is 6.54 Å². The number of nitrogens with one attached hydrogen (secondary N) is 3. The van der Waals surface area contributed by atoms with Gasteiger partial charge in [-0.2, -0.15) is 0 Å². The molecule has 25 heavy (non-hydrogen) atoms. The lowest BCUT2D eigenvalue weighted by atomic mass is 10.3. The van der Waals surface area contributed by atoms with Gasteiger partial charge in [-0.25, -0.2) is 9.78 Å². The summed E-state index contributed by atoms with van der Waals surface area (Å²) in [6, 6.07) is 11.0. The van der Waals surface area contributed by atoms with Crippen molar-refractivity contribution in [2.24, 2.45) is 7.05 Å². The quantitative estimate of drug-likeness (QED) is 0.592. The number of nitrogens with zero attached hydrogens (tertiary/aromatic N) is 3. The molecule has 0 aliphatic heterocycles. The number of imidazole rings is 1. The van der Waals surface area contributed by atoms with E-state index in [2.05, 4.69) is 25.3 Å². The molecule has 2 heterocycles. The minimum absolute atomic E-state index is 0.257. The first-order valence-electron chi connectivity index (χ1n) is 7.64. The highest BCUT2D eigenvalue weighted by molar-refractivity contribution is 8.00. The minimum atomic E-state index is -0.257. The number of urea groups is 1. The summed E-state index contributed by atoms with van der Waals surface area (Å²) < 4.78 is 5.10. The van der Waals surface area contributed by atoms with Crippen LogP contribution in [0.4, 0.5) is 16.2 Å². The molecular formula is C17H18N6OS. The van der Waals surface area contributed by atoms with Crippen LogP contribution in [-0.2, 0) is 13.6 Å². The SMILES string of the molecule is Cn1cnc(SNc2ccc(NC(=O)NCc3cccnc3)cc2)c1. The Morgan fingerprint density at radius 1 is 1.20 bits per heavy atom. The van der Waals surface area contributed by atoms with Gasteiger partial charge in [0.1, 0.15) is 5.03 Å². The molecule has 0 saturated carbocycles. The summed E-state index contributed by atoms with van der Waals surface area (Å²) in [5, 5.41) is 6.47. The molecule has 2 amide bonds. The zero-order valence-electron chi connectivity index (χ0n) is 13.6. The van der Waals surface area contributed by atoms with Gasteiger partial charge in [-0.1, -0.05) is 6.07 Å². The Balaban J connectivity index is 1.46. The highest BCUT2D eigenvalue weighted by atomic mass is 32.2. The number of pyridine rings is 1. The Morgan fingerprint density at radius 3 is 2.68 bits per heavy atom. The summed E-state index contributed by atoms with van der Waals surface area (Å²) in [5.74, 6) is 0. The van der Waals surface area contributed by atoms with E-state index >= 15 is 0 Å². The zero-order valence-corrected chi connectivity index (χ0v) is 14.5. The molecule has 128 valence electrons. The Kier molecular flexibility index (Phi) is 5.53. The summed E-state index contributed by atoms with van der Waals surface area (Å²) in [5.41, 5.74) is 2.60. The number of hydrogen-bond acceptors (Lipinski definition) is 5. The predicted molar refractivity (Wildman–Crippen MR) is 99.2 cm³/mol. The Morgan fingerprint density at radius 2 is 2.00 bits per heavy atom. The monoisotopic (exact) mass is 354 g/mol. The minimum Gasteiger partial charge on any atom is -0.339 e. The van der Waals surface area contributed by atoms with Gasteiger partial charge in [-0.05, 0) is 35.9 Å². The average Bonchev–Trinajstić information content (AvgIpc) is 3.06. The Labute approximate surface area is 150 Å². The van der Waals surface area contributed by atoms with Crippen LogP contribution in [0.25, 0.3) is 0 Å². The fraction of sp³-hybridized carbons (Fsp3) is 0.118. The summed E-state index contributed by atoms with van der Waals surface area (Å²) in [6.07, 6.45) is 7.10. The number of hydrogen-bond donors (Lipinski definition) is 3.